The average Bonchev–Trinajstić information content (AvgIpc) is 3.04. The van der Waals surface area contributed by atoms with Gasteiger partial charge < -0.3 is 14.8 Å². The maximum absolute atomic E-state index is 13.2. The predicted molar refractivity (Wildman–Crippen MR) is 102 cm³/mol. The Morgan fingerprint density at radius 3 is 2.85 bits per heavy atom. The lowest BCUT2D eigenvalue weighted by Gasteiger charge is -2.30. The van der Waals surface area contributed by atoms with Gasteiger partial charge in [0.2, 0.25) is 0 Å². The molecule has 1 aliphatic rings. The zero-order valence-corrected chi connectivity index (χ0v) is 15.4. The number of hydrogen-bond acceptors (Lipinski definition) is 4. The molecule has 2 aromatic heterocycles. The largest absolute Gasteiger partial charge is 0.362 e. The topological polar surface area (TPSA) is 65.1 Å². The van der Waals surface area contributed by atoms with Crippen LogP contribution in [0.3, 0.4) is 0 Å². The Kier molecular flexibility index (Phi) is 4.11. The van der Waals surface area contributed by atoms with Gasteiger partial charge in [0, 0.05) is 37.1 Å². The lowest BCUT2D eigenvalue weighted by atomic mass is 10.0. The number of carbonyl (C=O) groups excluding carboxylic acids is 1. The standard InChI is InChI=1S/C20H23N5O/c1-4-13-14-7-5-6-8-16(14)23-18(13)20(26)25-10-9-15-17(11-25)21-12-22-19(15)24(2)3/h5-8,12,23H,4,9-11H2,1-3H3. The quantitative estimate of drug-likeness (QED) is 0.790. The van der Waals surface area contributed by atoms with Gasteiger partial charge in [-0.05, 0) is 24.5 Å². The summed E-state index contributed by atoms with van der Waals surface area (Å²) >= 11 is 0. The molecule has 0 aliphatic carbocycles. The predicted octanol–water partition coefficient (Wildman–Crippen LogP) is 2.78. The van der Waals surface area contributed by atoms with E-state index >= 15 is 0 Å². The van der Waals surface area contributed by atoms with Gasteiger partial charge in [0.25, 0.3) is 5.91 Å². The number of anilines is 1. The van der Waals surface area contributed by atoms with Crippen LogP contribution in [-0.2, 0) is 19.4 Å². The zero-order chi connectivity index (χ0) is 18.3. The fourth-order valence-electron chi connectivity index (χ4n) is 3.80. The summed E-state index contributed by atoms with van der Waals surface area (Å²) in [6.07, 6.45) is 3.18. The van der Waals surface area contributed by atoms with E-state index in [2.05, 4.69) is 27.9 Å². The van der Waals surface area contributed by atoms with Gasteiger partial charge in [0.05, 0.1) is 12.2 Å². The summed E-state index contributed by atoms with van der Waals surface area (Å²) < 4.78 is 0. The molecule has 0 unspecified atom stereocenters. The molecule has 0 saturated heterocycles. The van der Waals surface area contributed by atoms with E-state index in [1.54, 1.807) is 6.33 Å². The second-order valence-electron chi connectivity index (χ2n) is 6.87. The molecule has 0 fully saturated rings. The molecule has 6 nitrogen and oxygen atoms in total. The van der Waals surface area contributed by atoms with Gasteiger partial charge >= 0.3 is 0 Å². The van der Waals surface area contributed by atoms with Crippen LogP contribution in [0.15, 0.2) is 30.6 Å². The highest BCUT2D eigenvalue weighted by Crippen LogP contribution is 2.28. The van der Waals surface area contributed by atoms with Crippen molar-refractivity contribution in [3.05, 3.63) is 53.1 Å². The number of aromatic amines is 1. The number of rotatable bonds is 3. The number of aromatic nitrogens is 3. The van der Waals surface area contributed by atoms with E-state index in [9.17, 15) is 4.79 Å². The first-order valence-corrected chi connectivity index (χ1v) is 8.99. The number of carbonyl (C=O) groups is 1. The van der Waals surface area contributed by atoms with E-state index in [1.165, 1.54) is 0 Å². The van der Waals surface area contributed by atoms with Crippen LogP contribution < -0.4 is 4.90 Å². The summed E-state index contributed by atoms with van der Waals surface area (Å²) in [6.45, 7) is 3.29. The van der Waals surface area contributed by atoms with Crippen molar-refractivity contribution in [2.24, 2.45) is 0 Å². The number of amides is 1. The first-order chi connectivity index (χ1) is 12.6. The summed E-state index contributed by atoms with van der Waals surface area (Å²) in [5.74, 6) is 0.996. The zero-order valence-electron chi connectivity index (χ0n) is 15.4. The molecule has 0 saturated carbocycles. The third-order valence-corrected chi connectivity index (χ3v) is 5.08. The summed E-state index contributed by atoms with van der Waals surface area (Å²) in [4.78, 5) is 29.3. The Bertz CT molecular complexity index is 975. The number of nitrogens with one attached hydrogen (secondary N) is 1. The van der Waals surface area contributed by atoms with Crippen molar-refractivity contribution in [1.82, 2.24) is 19.9 Å². The van der Waals surface area contributed by atoms with E-state index in [1.807, 2.05) is 42.1 Å². The number of benzene rings is 1. The van der Waals surface area contributed by atoms with Gasteiger partial charge in [-0.2, -0.15) is 0 Å². The molecule has 3 heterocycles. The normalized spacial score (nSPS) is 13.7. The van der Waals surface area contributed by atoms with E-state index in [0.717, 1.165) is 46.4 Å². The van der Waals surface area contributed by atoms with Gasteiger partial charge in [-0.3, -0.25) is 4.79 Å². The van der Waals surface area contributed by atoms with Crippen molar-refractivity contribution in [3.63, 3.8) is 0 Å². The lowest BCUT2D eigenvalue weighted by molar-refractivity contribution is 0.0725. The Morgan fingerprint density at radius 2 is 2.08 bits per heavy atom. The van der Waals surface area contributed by atoms with Crippen LogP contribution in [0.2, 0.25) is 0 Å². The number of aryl methyl sites for hydroxylation is 1. The number of para-hydroxylation sites is 1. The molecule has 134 valence electrons. The Labute approximate surface area is 152 Å². The second-order valence-corrected chi connectivity index (χ2v) is 6.87. The van der Waals surface area contributed by atoms with Crippen molar-refractivity contribution < 1.29 is 4.79 Å². The highest BCUT2D eigenvalue weighted by atomic mass is 16.2. The molecule has 26 heavy (non-hydrogen) atoms. The third-order valence-electron chi connectivity index (χ3n) is 5.08. The molecule has 6 heteroatoms. The monoisotopic (exact) mass is 349 g/mol. The van der Waals surface area contributed by atoms with Crippen LogP contribution in [-0.4, -0.2) is 46.4 Å². The fourth-order valence-corrected chi connectivity index (χ4v) is 3.80. The highest BCUT2D eigenvalue weighted by Gasteiger charge is 2.28. The average molecular weight is 349 g/mol. The molecule has 1 aromatic carbocycles. The van der Waals surface area contributed by atoms with Crippen molar-refractivity contribution in [2.75, 3.05) is 25.5 Å². The molecule has 4 rings (SSSR count). The van der Waals surface area contributed by atoms with Gasteiger partial charge in [-0.15, -0.1) is 0 Å². The SMILES string of the molecule is CCc1c(C(=O)N2CCc3c(ncnc3N(C)C)C2)[nH]c2ccccc12. The lowest BCUT2D eigenvalue weighted by Crippen LogP contribution is -2.37. The Morgan fingerprint density at radius 1 is 1.27 bits per heavy atom. The van der Waals surface area contributed by atoms with Crippen molar-refractivity contribution >= 4 is 22.6 Å². The first-order valence-electron chi connectivity index (χ1n) is 8.99. The Balaban J connectivity index is 1.68. The number of hydrogen-bond donors (Lipinski definition) is 1. The van der Waals surface area contributed by atoms with E-state index in [0.29, 0.717) is 18.8 Å². The minimum Gasteiger partial charge on any atom is -0.362 e. The molecule has 1 amide bonds. The maximum atomic E-state index is 13.2. The van der Waals surface area contributed by atoms with Gasteiger partial charge in [0.1, 0.15) is 17.8 Å². The van der Waals surface area contributed by atoms with Crippen molar-refractivity contribution in [2.45, 2.75) is 26.3 Å². The van der Waals surface area contributed by atoms with E-state index in [4.69, 9.17) is 0 Å². The minimum absolute atomic E-state index is 0.0497. The van der Waals surface area contributed by atoms with Crippen LogP contribution in [0.4, 0.5) is 5.82 Å². The third kappa shape index (κ3) is 2.62. The molecule has 1 N–H and O–H groups in total. The molecule has 0 spiro atoms. The number of H-pyrrole nitrogens is 1. The van der Waals surface area contributed by atoms with Crippen LogP contribution >= 0.6 is 0 Å². The number of fused-ring (bicyclic) bond motifs is 2. The number of nitrogens with zero attached hydrogens (tertiary/aromatic N) is 4. The smallest absolute Gasteiger partial charge is 0.270 e. The summed E-state index contributed by atoms with van der Waals surface area (Å²) in [5.41, 5.74) is 4.90. The molecular formula is C20H23N5O. The van der Waals surface area contributed by atoms with Crippen molar-refractivity contribution in [1.29, 1.82) is 0 Å². The summed E-state index contributed by atoms with van der Waals surface area (Å²) in [6, 6.07) is 8.10. The van der Waals surface area contributed by atoms with Crippen LogP contribution in [0.5, 0.6) is 0 Å². The van der Waals surface area contributed by atoms with Gasteiger partial charge in [-0.25, -0.2) is 9.97 Å². The van der Waals surface area contributed by atoms with Gasteiger partial charge in [-0.1, -0.05) is 25.1 Å². The van der Waals surface area contributed by atoms with E-state index in [-0.39, 0.29) is 5.91 Å². The minimum atomic E-state index is 0.0497. The summed E-state index contributed by atoms with van der Waals surface area (Å²) in [5, 5.41) is 1.13. The molecule has 3 aromatic rings. The van der Waals surface area contributed by atoms with E-state index < -0.39 is 0 Å². The molecule has 1 aliphatic heterocycles. The van der Waals surface area contributed by atoms with Crippen LogP contribution in [0.1, 0.15) is 34.2 Å². The van der Waals surface area contributed by atoms with Crippen LogP contribution in [0.25, 0.3) is 10.9 Å². The van der Waals surface area contributed by atoms with Crippen molar-refractivity contribution in [3.8, 4) is 0 Å². The van der Waals surface area contributed by atoms with Gasteiger partial charge in [0.15, 0.2) is 0 Å². The molecular weight excluding hydrogens is 326 g/mol. The maximum Gasteiger partial charge on any atom is 0.270 e. The van der Waals surface area contributed by atoms with Crippen LogP contribution in [0, 0.1) is 0 Å². The molecule has 0 atom stereocenters. The Hall–Kier alpha value is -2.89. The molecule has 0 radical (unpaired) electrons. The summed E-state index contributed by atoms with van der Waals surface area (Å²) in [7, 11) is 3.97. The second kappa shape index (κ2) is 6.44. The first kappa shape index (κ1) is 16.6. The molecule has 0 bridgehead atoms. The highest BCUT2D eigenvalue weighted by molar-refractivity contribution is 6.01. The fraction of sp³-hybridized carbons (Fsp3) is 0.350.